The van der Waals surface area contributed by atoms with Crippen molar-refractivity contribution >= 4 is 0 Å². The Kier molecular flexibility index (Phi) is 3.34. The molecule has 0 aliphatic heterocycles. The van der Waals surface area contributed by atoms with Crippen molar-refractivity contribution in [3.05, 3.63) is 11.9 Å². The van der Waals surface area contributed by atoms with E-state index in [9.17, 15) is 4.39 Å². The van der Waals surface area contributed by atoms with Crippen LogP contribution < -0.4 is 10.5 Å². The molecule has 5 heteroatoms. The molecule has 0 spiro atoms. The van der Waals surface area contributed by atoms with Gasteiger partial charge in [0, 0.05) is 13.6 Å². The average molecular weight is 215 g/mol. The molecule has 0 aromatic carbocycles. The van der Waals surface area contributed by atoms with Gasteiger partial charge in [-0.15, -0.1) is 0 Å². The molecule has 0 fully saturated rings. The van der Waals surface area contributed by atoms with Crippen LogP contribution >= 0.6 is 0 Å². The van der Waals surface area contributed by atoms with E-state index in [1.54, 1.807) is 20.9 Å². The van der Waals surface area contributed by atoms with Gasteiger partial charge in [-0.25, -0.2) is 4.39 Å². The van der Waals surface area contributed by atoms with E-state index in [4.69, 9.17) is 10.5 Å². The number of rotatable bonds is 4. The van der Waals surface area contributed by atoms with Crippen LogP contribution in [-0.2, 0) is 12.7 Å². The lowest BCUT2D eigenvalue weighted by atomic mass is 9.88. The maximum Gasteiger partial charge on any atom is 0.170 e. The van der Waals surface area contributed by atoms with E-state index in [0.717, 1.165) is 0 Å². The Labute approximate surface area is 89.2 Å². The van der Waals surface area contributed by atoms with Gasteiger partial charge in [0.15, 0.2) is 11.4 Å². The molecule has 1 unspecified atom stereocenters. The second-order valence-corrected chi connectivity index (χ2v) is 3.91. The van der Waals surface area contributed by atoms with Crippen LogP contribution in [0.3, 0.4) is 0 Å². The van der Waals surface area contributed by atoms with Crippen LogP contribution in [0.5, 0.6) is 5.75 Å². The zero-order valence-electron chi connectivity index (χ0n) is 9.62. The number of hydrogen-bond acceptors (Lipinski definition) is 3. The molecule has 2 N–H and O–H groups in total. The third-order valence-corrected chi connectivity index (χ3v) is 2.73. The molecule has 0 bridgehead atoms. The summed E-state index contributed by atoms with van der Waals surface area (Å²) in [6.07, 6.45) is 1.50. The van der Waals surface area contributed by atoms with E-state index < -0.39 is 5.67 Å². The van der Waals surface area contributed by atoms with Crippen molar-refractivity contribution in [2.75, 3.05) is 13.7 Å². The van der Waals surface area contributed by atoms with Gasteiger partial charge in [-0.3, -0.25) is 4.68 Å². The van der Waals surface area contributed by atoms with Gasteiger partial charge in [0.1, 0.15) is 5.69 Å². The highest BCUT2D eigenvalue weighted by Crippen LogP contribution is 2.37. The average Bonchev–Trinajstić information content (AvgIpc) is 2.58. The highest BCUT2D eigenvalue weighted by molar-refractivity contribution is 5.31. The largest absolute Gasteiger partial charge is 0.493 e. The summed E-state index contributed by atoms with van der Waals surface area (Å²) in [6.45, 7) is 3.50. The normalized spacial score (nSPS) is 15.4. The summed E-state index contributed by atoms with van der Waals surface area (Å²) in [5.74, 6) is 0.214. The van der Waals surface area contributed by atoms with Crippen molar-refractivity contribution in [1.29, 1.82) is 0 Å². The molecule has 0 radical (unpaired) electrons. The second-order valence-electron chi connectivity index (χ2n) is 3.91. The van der Waals surface area contributed by atoms with Crippen molar-refractivity contribution < 1.29 is 9.13 Å². The first-order valence-corrected chi connectivity index (χ1v) is 4.92. The lowest BCUT2D eigenvalue weighted by Crippen LogP contribution is -2.37. The minimum Gasteiger partial charge on any atom is -0.493 e. The molecule has 1 aromatic rings. The van der Waals surface area contributed by atoms with Gasteiger partial charge in [0.25, 0.3) is 0 Å². The highest BCUT2D eigenvalue weighted by atomic mass is 19.1. The standard InChI is InChI=1S/C10H18FN3O/c1-7(2)10(11,6-12)9-8(15-4)5-13-14(9)3/h5,7H,6,12H2,1-4H3. The topological polar surface area (TPSA) is 53.1 Å². The summed E-state index contributed by atoms with van der Waals surface area (Å²) in [7, 11) is 3.18. The molecule has 0 aliphatic carbocycles. The number of alkyl halides is 1. The molecule has 1 aromatic heterocycles. The fourth-order valence-corrected chi connectivity index (χ4v) is 1.65. The van der Waals surface area contributed by atoms with Gasteiger partial charge >= 0.3 is 0 Å². The molecule has 1 rings (SSSR count). The molecule has 0 aliphatic rings. The maximum absolute atomic E-state index is 14.7. The molecule has 15 heavy (non-hydrogen) atoms. The molecular weight excluding hydrogens is 197 g/mol. The predicted molar refractivity (Wildman–Crippen MR) is 56.4 cm³/mol. The van der Waals surface area contributed by atoms with E-state index in [-0.39, 0.29) is 12.5 Å². The summed E-state index contributed by atoms with van der Waals surface area (Å²) in [6, 6.07) is 0. The van der Waals surface area contributed by atoms with E-state index in [1.807, 2.05) is 0 Å². The fraction of sp³-hybridized carbons (Fsp3) is 0.700. The molecule has 86 valence electrons. The van der Waals surface area contributed by atoms with Crippen LogP contribution in [-0.4, -0.2) is 23.4 Å². The van der Waals surface area contributed by atoms with Crippen molar-refractivity contribution in [3.63, 3.8) is 0 Å². The molecule has 1 atom stereocenters. The van der Waals surface area contributed by atoms with Gasteiger partial charge in [-0.05, 0) is 5.92 Å². The lowest BCUT2D eigenvalue weighted by Gasteiger charge is -2.28. The Morgan fingerprint density at radius 3 is 2.67 bits per heavy atom. The number of nitrogens with two attached hydrogens (primary N) is 1. The zero-order valence-corrected chi connectivity index (χ0v) is 9.62. The molecule has 1 heterocycles. The minimum atomic E-state index is -1.60. The van der Waals surface area contributed by atoms with Crippen molar-refractivity contribution in [2.24, 2.45) is 18.7 Å². The Balaban J connectivity index is 3.28. The number of nitrogens with zero attached hydrogens (tertiary/aromatic N) is 2. The molecule has 0 saturated heterocycles. The summed E-state index contributed by atoms with van der Waals surface area (Å²) in [5, 5.41) is 3.98. The Hall–Kier alpha value is -1.10. The van der Waals surface area contributed by atoms with Crippen LogP contribution in [0.4, 0.5) is 4.39 Å². The number of halogens is 1. The van der Waals surface area contributed by atoms with E-state index in [0.29, 0.717) is 11.4 Å². The third kappa shape index (κ3) is 1.84. The van der Waals surface area contributed by atoms with Crippen molar-refractivity contribution in [1.82, 2.24) is 9.78 Å². The molecule has 0 amide bonds. The van der Waals surface area contributed by atoms with Crippen LogP contribution in [0, 0.1) is 5.92 Å². The fourth-order valence-electron chi connectivity index (χ4n) is 1.65. The first kappa shape index (κ1) is 12.0. The summed E-state index contributed by atoms with van der Waals surface area (Å²) in [4.78, 5) is 0. The molecule has 0 saturated carbocycles. The van der Waals surface area contributed by atoms with Crippen LogP contribution in [0.15, 0.2) is 6.20 Å². The van der Waals surface area contributed by atoms with E-state index in [2.05, 4.69) is 5.10 Å². The first-order valence-electron chi connectivity index (χ1n) is 4.92. The summed E-state index contributed by atoms with van der Waals surface area (Å²) >= 11 is 0. The van der Waals surface area contributed by atoms with E-state index >= 15 is 0 Å². The minimum absolute atomic E-state index is 0.0828. The van der Waals surface area contributed by atoms with Crippen molar-refractivity contribution in [3.8, 4) is 5.75 Å². The smallest absolute Gasteiger partial charge is 0.170 e. The maximum atomic E-state index is 14.7. The Bertz CT molecular complexity index is 337. The first-order chi connectivity index (χ1) is 6.97. The summed E-state index contributed by atoms with van der Waals surface area (Å²) < 4.78 is 21.2. The number of methoxy groups -OCH3 is 1. The van der Waals surface area contributed by atoms with Crippen molar-refractivity contribution in [2.45, 2.75) is 19.5 Å². The molecule has 4 nitrogen and oxygen atoms in total. The van der Waals surface area contributed by atoms with Gasteiger partial charge < -0.3 is 10.5 Å². The van der Waals surface area contributed by atoms with Crippen LogP contribution in [0.25, 0.3) is 0 Å². The number of aromatic nitrogens is 2. The Morgan fingerprint density at radius 2 is 2.27 bits per heavy atom. The third-order valence-electron chi connectivity index (χ3n) is 2.73. The predicted octanol–water partition coefficient (Wildman–Crippen LogP) is 1.21. The number of hydrogen-bond donors (Lipinski definition) is 1. The van der Waals surface area contributed by atoms with Gasteiger partial charge in [0.05, 0.1) is 13.3 Å². The van der Waals surface area contributed by atoms with E-state index in [1.165, 1.54) is 18.0 Å². The zero-order chi connectivity index (χ0) is 11.6. The number of ether oxygens (including phenoxy) is 1. The number of aryl methyl sites for hydroxylation is 1. The van der Waals surface area contributed by atoms with Gasteiger partial charge in [-0.2, -0.15) is 5.10 Å². The quantitative estimate of drug-likeness (QED) is 0.821. The van der Waals surface area contributed by atoms with Gasteiger partial charge in [-0.1, -0.05) is 13.8 Å². The lowest BCUT2D eigenvalue weighted by molar-refractivity contribution is 0.0949. The Morgan fingerprint density at radius 1 is 1.67 bits per heavy atom. The monoisotopic (exact) mass is 215 g/mol. The SMILES string of the molecule is COc1cnn(C)c1C(F)(CN)C(C)C. The highest BCUT2D eigenvalue weighted by Gasteiger charge is 2.40. The molecular formula is C10H18FN3O. The van der Waals surface area contributed by atoms with Crippen LogP contribution in [0.1, 0.15) is 19.5 Å². The van der Waals surface area contributed by atoms with Gasteiger partial charge in [0.2, 0.25) is 0 Å². The second kappa shape index (κ2) is 4.18. The summed E-state index contributed by atoms with van der Waals surface area (Å²) in [5.41, 5.74) is 4.32. The van der Waals surface area contributed by atoms with Crippen LogP contribution in [0.2, 0.25) is 0 Å².